The lowest BCUT2D eigenvalue weighted by Gasteiger charge is -1.94. The minimum atomic E-state index is -0.399. The van der Waals surface area contributed by atoms with Crippen LogP contribution in [0, 0.1) is 0 Å². The molecule has 0 aliphatic heterocycles. The standard InChI is InChI=1S/C6H10FN3O/c1-11-5-6-4-8-9-10(6)3-2-7/h4H,2-3,5H2,1H3/p+1/i7-1. The summed E-state index contributed by atoms with van der Waals surface area (Å²) >= 11 is 0. The molecule has 0 bridgehead atoms. The first kappa shape index (κ1) is 8.13. The first-order valence-corrected chi connectivity index (χ1v) is 3.35. The van der Waals surface area contributed by atoms with Crippen molar-refractivity contribution in [3.05, 3.63) is 11.9 Å². The predicted molar refractivity (Wildman–Crippen MR) is 35.5 cm³/mol. The highest BCUT2D eigenvalue weighted by Gasteiger charge is 2.09. The Labute approximate surface area is 64.0 Å². The maximum absolute atomic E-state index is 11.9. The van der Waals surface area contributed by atoms with E-state index in [0.29, 0.717) is 13.2 Å². The van der Waals surface area contributed by atoms with Crippen LogP contribution in [0.4, 0.5) is 4.39 Å². The normalized spacial score (nSPS) is 10.4. The molecule has 0 aliphatic rings. The van der Waals surface area contributed by atoms with Crippen molar-refractivity contribution in [2.75, 3.05) is 13.8 Å². The number of aromatic amines is 1. The summed E-state index contributed by atoms with van der Waals surface area (Å²) in [5.41, 5.74) is 0.852. The molecule has 1 aromatic heterocycles. The summed E-state index contributed by atoms with van der Waals surface area (Å²) in [6, 6.07) is 0. The van der Waals surface area contributed by atoms with Crippen LogP contribution >= 0.6 is 0 Å². The third kappa shape index (κ3) is 1.98. The summed E-state index contributed by atoms with van der Waals surface area (Å²) in [5.74, 6) is 0. The fourth-order valence-electron chi connectivity index (χ4n) is 0.848. The largest absolute Gasteiger partial charge is 0.376 e. The quantitative estimate of drug-likeness (QED) is 0.619. The average Bonchev–Trinajstić information content (AvgIpc) is 2.39. The van der Waals surface area contributed by atoms with E-state index in [1.807, 2.05) is 0 Å². The molecule has 11 heavy (non-hydrogen) atoms. The molecule has 4 nitrogen and oxygen atoms in total. The van der Waals surface area contributed by atoms with Crippen molar-refractivity contribution in [2.45, 2.75) is 13.2 Å². The lowest BCUT2D eigenvalue weighted by atomic mass is 10.5. The summed E-state index contributed by atoms with van der Waals surface area (Å²) in [5, 5.41) is 6.39. The minimum absolute atomic E-state index is 0.304. The van der Waals surface area contributed by atoms with Gasteiger partial charge in [0, 0.05) is 12.2 Å². The number of methoxy groups -OCH3 is 1. The Bertz CT molecular complexity index is 193. The van der Waals surface area contributed by atoms with Gasteiger partial charge in [-0.15, -0.1) is 0 Å². The lowest BCUT2D eigenvalue weighted by Crippen LogP contribution is -2.40. The third-order valence-electron chi connectivity index (χ3n) is 1.34. The van der Waals surface area contributed by atoms with E-state index < -0.39 is 6.67 Å². The van der Waals surface area contributed by atoms with Crippen molar-refractivity contribution in [1.29, 1.82) is 0 Å². The number of H-pyrrole nitrogens is 1. The molecule has 0 radical (unpaired) electrons. The molecular weight excluding hydrogens is 148 g/mol. The first-order valence-electron chi connectivity index (χ1n) is 3.35. The van der Waals surface area contributed by atoms with Gasteiger partial charge in [-0.1, -0.05) is 5.21 Å². The Kier molecular flexibility index (Phi) is 2.97. The van der Waals surface area contributed by atoms with Crippen LogP contribution in [-0.2, 0) is 17.9 Å². The number of aromatic nitrogens is 3. The molecule has 62 valence electrons. The highest BCUT2D eigenvalue weighted by atomic mass is 18.2. The van der Waals surface area contributed by atoms with E-state index >= 15 is 0 Å². The van der Waals surface area contributed by atoms with Gasteiger partial charge in [0.15, 0.2) is 5.69 Å². The Morgan fingerprint density at radius 3 is 3.27 bits per heavy atom. The minimum Gasteiger partial charge on any atom is -0.376 e. The van der Waals surface area contributed by atoms with Crippen LogP contribution in [0.2, 0.25) is 0 Å². The number of ether oxygens (including phenoxy) is 1. The topological polar surface area (TPSA) is 41.8 Å². The summed E-state index contributed by atoms with van der Waals surface area (Å²) in [7, 11) is 1.59. The number of aryl methyl sites for hydroxylation is 1. The number of alkyl halides is 1. The molecule has 0 spiro atoms. The molecule has 1 heterocycles. The SMILES string of the molecule is COCc1cn[nH][n+]1CC[18F]. The van der Waals surface area contributed by atoms with Gasteiger partial charge in [0.1, 0.15) is 19.8 Å². The van der Waals surface area contributed by atoms with Gasteiger partial charge >= 0.3 is 0 Å². The number of nitrogens with one attached hydrogen (secondary N) is 1. The van der Waals surface area contributed by atoms with Gasteiger partial charge in [0.2, 0.25) is 6.20 Å². The number of rotatable bonds is 4. The molecule has 0 atom stereocenters. The number of hydrogen-bond acceptors (Lipinski definition) is 2. The molecule has 0 unspecified atom stereocenters. The Morgan fingerprint density at radius 1 is 1.82 bits per heavy atom. The zero-order chi connectivity index (χ0) is 8.10. The van der Waals surface area contributed by atoms with Crippen molar-refractivity contribution < 1.29 is 13.8 Å². The molecule has 5 heteroatoms. The van der Waals surface area contributed by atoms with Crippen LogP contribution < -0.4 is 4.68 Å². The van der Waals surface area contributed by atoms with Gasteiger partial charge in [-0.2, -0.15) is 4.68 Å². The number of halogens is 1. The van der Waals surface area contributed by atoms with Gasteiger partial charge in [0.05, 0.1) is 0 Å². The van der Waals surface area contributed by atoms with Crippen LogP contribution in [0.3, 0.4) is 0 Å². The average molecular weight is 159 g/mol. The zero-order valence-corrected chi connectivity index (χ0v) is 6.38. The van der Waals surface area contributed by atoms with Crippen molar-refractivity contribution >= 4 is 0 Å². The molecule has 0 saturated carbocycles. The van der Waals surface area contributed by atoms with Gasteiger partial charge in [-0.25, -0.2) is 4.39 Å². The van der Waals surface area contributed by atoms with Crippen LogP contribution in [0.1, 0.15) is 5.69 Å². The van der Waals surface area contributed by atoms with Gasteiger partial charge < -0.3 is 4.74 Å². The van der Waals surface area contributed by atoms with E-state index in [4.69, 9.17) is 4.74 Å². The predicted octanol–water partition coefficient (Wildman–Crippen LogP) is -0.187. The second kappa shape index (κ2) is 4.02. The van der Waals surface area contributed by atoms with Crippen molar-refractivity contribution in [3.63, 3.8) is 0 Å². The highest BCUT2D eigenvalue weighted by Crippen LogP contribution is 1.88. The number of hydrogen-bond donors (Lipinski definition) is 1. The van der Waals surface area contributed by atoms with Crippen LogP contribution in [0.25, 0.3) is 0 Å². The molecule has 0 aromatic carbocycles. The zero-order valence-electron chi connectivity index (χ0n) is 6.38. The maximum atomic E-state index is 11.9. The summed E-state index contributed by atoms with van der Waals surface area (Å²) < 4.78 is 18.4. The Morgan fingerprint density at radius 2 is 2.64 bits per heavy atom. The van der Waals surface area contributed by atoms with Crippen molar-refractivity contribution in [2.24, 2.45) is 0 Å². The molecular formula is C6H11FN3O+. The monoisotopic (exact) mass is 159 g/mol. The molecule has 1 rings (SSSR count). The molecule has 1 aromatic rings. The van der Waals surface area contributed by atoms with Gasteiger partial charge in [-0.3, -0.25) is 0 Å². The second-order valence-corrected chi connectivity index (χ2v) is 2.12. The van der Waals surface area contributed by atoms with Crippen molar-refractivity contribution in [1.82, 2.24) is 10.3 Å². The molecule has 0 amide bonds. The Balaban J connectivity index is 2.62. The maximum Gasteiger partial charge on any atom is 0.211 e. The number of nitrogens with zero attached hydrogens (tertiary/aromatic N) is 2. The molecule has 0 aliphatic carbocycles. The van der Waals surface area contributed by atoms with E-state index in [-0.39, 0.29) is 0 Å². The molecule has 0 saturated heterocycles. The van der Waals surface area contributed by atoms with E-state index in [1.165, 1.54) is 0 Å². The van der Waals surface area contributed by atoms with Crippen LogP contribution in [0.5, 0.6) is 0 Å². The van der Waals surface area contributed by atoms with Crippen LogP contribution in [0.15, 0.2) is 6.20 Å². The van der Waals surface area contributed by atoms with E-state index in [0.717, 1.165) is 5.69 Å². The lowest BCUT2D eigenvalue weighted by molar-refractivity contribution is -0.761. The fourth-order valence-corrected chi connectivity index (χ4v) is 0.848. The second-order valence-electron chi connectivity index (χ2n) is 2.12. The summed E-state index contributed by atoms with van der Waals surface area (Å²) in [6.07, 6.45) is 1.62. The van der Waals surface area contributed by atoms with Crippen LogP contribution in [-0.4, -0.2) is 24.1 Å². The highest BCUT2D eigenvalue weighted by molar-refractivity contribution is 4.79. The van der Waals surface area contributed by atoms with E-state index in [1.54, 1.807) is 18.0 Å². The van der Waals surface area contributed by atoms with E-state index in [9.17, 15) is 4.39 Å². The molecule has 0 fully saturated rings. The third-order valence-corrected chi connectivity index (χ3v) is 1.34. The fraction of sp³-hybridized carbons (Fsp3) is 0.667. The van der Waals surface area contributed by atoms with Gasteiger partial charge in [0.25, 0.3) is 0 Å². The van der Waals surface area contributed by atoms with E-state index in [2.05, 4.69) is 10.3 Å². The summed E-state index contributed by atoms with van der Waals surface area (Å²) in [6.45, 7) is 0.360. The molecule has 1 N–H and O–H groups in total. The van der Waals surface area contributed by atoms with Crippen molar-refractivity contribution in [3.8, 4) is 0 Å². The smallest absolute Gasteiger partial charge is 0.211 e. The summed E-state index contributed by atoms with van der Waals surface area (Å²) in [4.78, 5) is 0. The Hall–Kier alpha value is -0.970. The van der Waals surface area contributed by atoms with Gasteiger partial charge in [-0.05, 0) is 0 Å². The first-order chi connectivity index (χ1) is 5.38.